The lowest BCUT2D eigenvalue weighted by molar-refractivity contribution is 0.687. The molecule has 0 saturated carbocycles. The van der Waals surface area contributed by atoms with Crippen molar-refractivity contribution >= 4 is 11.3 Å². The highest BCUT2D eigenvalue weighted by atomic mass is 32.1. The second kappa shape index (κ2) is 4.31. The van der Waals surface area contributed by atoms with Crippen molar-refractivity contribution in [3.8, 4) is 16.5 Å². The molecule has 1 aliphatic rings. The SMILES string of the molecule is N#Cc1ccc2c(c1-c1cncs1)CCCC2. The van der Waals surface area contributed by atoms with Gasteiger partial charge in [-0.05, 0) is 42.9 Å². The van der Waals surface area contributed by atoms with E-state index in [0.29, 0.717) is 0 Å². The van der Waals surface area contributed by atoms with Gasteiger partial charge in [-0.2, -0.15) is 5.26 Å². The molecular weight excluding hydrogens is 228 g/mol. The van der Waals surface area contributed by atoms with Crippen LogP contribution in [0, 0.1) is 11.3 Å². The molecule has 17 heavy (non-hydrogen) atoms. The fourth-order valence-electron chi connectivity index (χ4n) is 2.54. The van der Waals surface area contributed by atoms with Gasteiger partial charge in [-0.25, -0.2) is 0 Å². The molecule has 0 radical (unpaired) electrons. The van der Waals surface area contributed by atoms with E-state index in [9.17, 15) is 5.26 Å². The number of fused-ring (bicyclic) bond motifs is 1. The van der Waals surface area contributed by atoms with E-state index in [1.54, 1.807) is 11.3 Å². The normalized spacial score (nSPS) is 14.1. The van der Waals surface area contributed by atoms with Gasteiger partial charge in [0.1, 0.15) is 0 Å². The van der Waals surface area contributed by atoms with E-state index in [-0.39, 0.29) is 0 Å². The topological polar surface area (TPSA) is 36.7 Å². The van der Waals surface area contributed by atoms with E-state index < -0.39 is 0 Å². The van der Waals surface area contributed by atoms with E-state index >= 15 is 0 Å². The van der Waals surface area contributed by atoms with Crippen LogP contribution in [0.2, 0.25) is 0 Å². The summed E-state index contributed by atoms with van der Waals surface area (Å²) < 4.78 is 0. The zero-order valence-corrected chi connectivity index (χ0v) is 10.3. The zero-order valence-electron chi connectivity index (χ0n) is 9.44. The van der Waals surface area contributed by atoms with E-state index in [1.807, 2.05) is 17.8 Å². The summed E-state index contributed by atoms with van der Waals surface area (Å²) >= 11 is 1.62. The van der Waals surface area contributed by atoms with Gasteiger partial charge in [0.25, 0.3) is 0 Å². The van der Waals surface area contributed by atoms with Gasteiger partial charge in [0.15, 0.2) is 0 Å². The van der Waals surface area contributed by atoms with Crippen molar-refractivity contribution in [3.05, 3.63) is 40.5 Å². The fourth-order valence-corrected chi connectivity index (χ4v) is 3.25. The van der Waals surface area contributed by atoms with Gasteiger partial charge in [-0.3, -0.25) is 4.98 Å². The highest BCUT2D eigenvalue weighted by Crippen LogP contribution is 2.35. The van der Waals surface area contributed by atoms with Crippen LogP contribution >= 0.6 is 11.3 Å². The molecule has 1 aliphatic carbocycles. The summed E-state index contributed by atoms with van der Waals surface area (Å²) in [5, 5.41) is 9.25. The van der Waals surface area contributed by atoms with Crippen LogP contribution in [0.15, 0.2) is 23.8 Å². The largest absolute Gasteiger partial charge is 0.252 e. The van der Waals surface area contributed by atoms with Crippen LogP contribution in [0.3, 0.4) is 0 Å². The molecule has 0 unspecified atom stereocenters. The molecule has 0 amide bonds. The van der Waals surface area contributed by atoms with Crippen molar-refractivity contribution in [1.82, 2.24) is 4.98 Å². The molecule has 2 nitrogen and oxygen atoms in total. The summed E-state index contributed by atoms with van der Waals surface area (Å²) in [5.74, 6) is 0. The Kier molecular flexibility index (Phi) is 2.66. The summed E-state index contributed by atoms with van der Waals surface area (Å²) in [6.45, 7) is 0. The average molecular weight is 240 g/mol. The first-order valence-corrected chi connectivity index (χ1v) is 6.72. The molecule has 0 spiro atoms. The molecule has 0 atom stereocenters. The van der Waals surface area contributed by atoms with Crippen LogP contribution in [0.4, 0.5) is 0 Å². The molecule has 84 valence electrons. The first kappa shape index (κ1) is 10.5. The van der Waals surface area contributed by atoms with Crippen molar-refractivity contribution in [2.24, 2.45) is 0 Å². The van der Waals surface area contributed by atoms with Crippen molar-refractivity contribution in [2.75, 3.05) is 0 Å². The number of hydrogen-bond donors (Lipinski definition) is 0. The van der Waals surface area contributed by atoms with Gasteiger partial charge in [0, 0.05) is 11.8 Å². The molecule has 1 aromatic heterocycles. The number of rotatable bonds is 1. The minimum Gasteiger partial charge on any atom is -0.252 e. The van der Waals surface area contributed by atoms with Crippen LogP contribution in [0.5, 0.6) is 0 Å². The molecule has 1 heterocycles. The number of benzene rings is 1. The van der Waals surface area contributed by atoms with Gasteiger partial charge >= 0.3 is 0 Å². The molecule has 3 heteroatoms. The lowest BCUT2D eigenvalue weighted by Crippen LogP contribution is -2.05. The maximum Gasteiger partial charge on any atom is 0.0998 e. The van der Waals surface area contributed by atoms with E-state index in [4.69, 9.17) is 0 Å². The van der Waals surface area contributed by atoms with Crippen LogP contribution in [-0.2, 0) is 12.8 Å². The van der Waals surface area contributed by atoms with Crippen LogP contribution in [0.1, 0.15) is 29.5 Å². The molecule has 0 N–H and O–H groups in total. The summed E-state index contributed by atoms with van der Waals surface area (Å²) in [5.41, 5.74) is 6.54. The predicted octanol–water partition coefficient (Wildman–Crippen LogP) is 3.56. The first-order valence-electron chi connectivity index (χ1n) is 5.84. The molecule has 0 saturated heterocycles. The van der Waals surface area contributed by atoms with E-state index in [1.165, 1.54) is 24.0 Å². The molecule has 0 aliphatic heterocycles. The standard InChI is InChI=1S/C14H12N2S/c15-7-11-6-5-10-3-1-2-4-12(10)14(11)13-8-16-9-17-13/h5-6,8-9H,1-4H2. The van der Waals surface area contributed by atoms with Crippen LogP contribution in [-0.4, -0.2) is 4.98 Å². The minimum atomic E-state index is 0.787. The highest BCUT2D eigenvalue weighted by Gasteiger charge is 2.18. The third-order valence-electron chi connectivity index (χ3n) is 3.33. The Morgan fingerprint density at radius 3 is 2.88 bits per heavy atom. The lowest BCUT2D eigenvalue weighted by Gasteiger charge is -2.19. The Morgan fingerprint density at radius 2 is 2.12 bits per heavy atom. The third-order valence-corrected chi connectivity index (χ3v) is 4.12. The molecule has 0 fully saturated rings. The van der Waals surface area contributed by atoms with Gasteiger partial charge in [0.2, 0.25) is 0 Å². The predicted molar refractivity (Wildman–Crippen MR) is 68.9 cm³/mol. The molecule has 2 aromatic rings. The quantitative estimate of drug-likeness (QED) is 0.764. The van der Waals surface area contributed by atoms with Gasteiger partial charge < -0.3 is 0 Å². The van der Waals surface area contributed by atoms with Gasteiger partial charge in [-0.15, -0.1) is 11.3 Å². The Labute approximate surface area is 105 Å². The molecule has 1 aromatic carbocycles. The summed E-state index contributed by atoms with van der Waals surface area (Å²) in [7, 11) is 0. The van der Waals surface area contributed by atoms with E-state index in [0.717, 1.165) is 28.8 Å². The number of aromatic nitrogens is 1. The summed E-state index contributed by atoms with van der Waals surface area (Å²) in [4.78, 5) is 5.26. The second-order valence-electron chi connectivity index (χ2n) is 4.31. The fraction of sp³-hybridized carbons (Fsp3) is 0.286. The maximum absolute atomic E-state index is 9.25. The monoisotopic (exact) mass is 240 g/mol. The average Bonchev–Trinajstić information content (AvgIpc) is 2.91. The zero-order chi connectivity index (χ0) is 11.7. The van der Waals surface area contributed by atoms with Crippen molar-refractivity contribution in [1.29, 1.82) is 5.26 Å². The molecule has 0 bridgehead atoms. The Bertz CT molecular complexity index is 579. The van der Waals surface area contributed by atoms with Crippen molar-refractivity contribution < 1.29 is 0 Å². The Morgan fingerprint density at radius 1 is 1.24 bits per heavy atom. The van der Waals surface area contributed by atoms with Crippen molar-refractivity contribution in [3.63, 3.8) is 0 Å². The van der Waals surface area contributed by atoms with Gasteiger partial charge in [-0.1, -0.05) is 6.07 Å². The Hall–Kier alpha value is -1.66. The number of nitrogens with zero attached hydrogens (tertiary/aromatic N) is 2. The number of aryl methyl sites for hydroxylation is 1. The highest BCUT2D eigenvalue weighted by molar-refractivity contribution is 7.13. The smallest absolute Gasteiger partial charge is 0.0998 e. The lowest BCUT2D eigenvalue weighted by atomic mass is 9.86. The third kappa shape index (κ3) is 1.75. The van der Waals surface area contributed by atoms with Crippen LogP contribution < -0.4 is 0 Å². The summed E-state index contributed by atoms with van der Waals surface area (Å²) in [6, 6.07) is 6.39. The van der Waals surface area contributed by atoms with Crippen molar-refractivity contribution in [2.45, 2.75) is 25.7 Å². The first-order chi connectivity index (χ1) is 8.40. The molecular formula is C14H12N2S. The number of nitriles is 1. The van der Waals surface area contributed by atoms with Crippen LogP contribution in [0.25, 0.3) is 10.4 Å². The minimum absolute atomic E-state index is 0.787. The summed E-state index contributed by atoms with van der Waals surface area (Å²) in [6.07, 6.45) is 6.61. The molecule has 3 rings (SSSR count). The number of thiazole rings is 1. The number of hydrogen-bond acceptors (Lipinski definition) is 3. The maximum atomic E-state index is 9.25. The van der Waals surface area contributed by atoms with Gasteiger partial charge in [0.05, 0.1) is 22.0 Å². The second-order valence-corrected chi connectivity index (χ2v) is 5.20. The Balaban J connectivity index is 2.27. The van der Waals surface area contributed by atoms with E-state index in [2.05, 4.69) is 17.1 Å².